The Hall–Kier alpha value is -1.43. The minimum Gasteiger partial charge on any atom is -0.497 e. The SMILES string of the molecule is COc1ccc2c(c1)C13CCN(CC4CC4)C(C2)C1(O)CC(OCC(C)C)C(=O)C3. The van der Waals surface area contributed by atoms with Crippen LogP contribution in [0.2, 0.25) is 0 Å². The summed E-state index contributed by atoms with van der Waals surface area (Å²) in [6.07, 6.45) is 4.52. The van der Waals surface area contributed by atoms with Gasteiger partial charge in [0.15, 0.2) is 5.78 Å². The van der Waals surface area contributed by atoms with E-state index < -0.39 is 17.1 Å². The Morgan fingerprint density at radius 2 is 2.10 bits per heavy atom. The van der Waals surface area contributed by atoms with E-state index in [-0.39, 0.29) is 11.8 Å². The molecule has 1 aromatic carbocycles. The molecular formula is C25H35NO4. The first-order valence-electron chi connectivity index (χ1n) is 11.6. The molecule has 4 aliphatic rings. The first-order valence-corrected chi connectivity index (χ1v) is 11.6. The van der Waals surface area contributed by atoms with Crippen LogP contribution in [-0.2, 0) is 21.4 Å². The smallest absolute Gasteiger partial charge is 0.162 e. The van der Waals surface area contributed by atoms with Crippen molar-refractivity contribution in [1.29, 1.82) is 0 Å². The van der Waals surface area contributed by atoms with Crippen LogP contribution in [0, 0.1) is 11.8 Å². The molecule has 5 rings (SSSR count). The predicted molar refractivity (Wildman–Crippen MR) is 115 cm³/mol. The fourth-order valence-corrected chi connectivity index (χ4v) is 6.29. The third-order valence-electron chi connectivity index (χ3n) is 8.04. The van der Waals surface area contributed by atoms with Gasteiger partial charge in [0.05, 0.1) is 12.7 Å². The maximum absolute atomic E-state index is 13.3. The molecule has 0 amide bonds. The maximum atomic E-state index is 13.3. The Morgan fingerprint density at radius 3 is 2.80 bits per heavy atom. The molecule has 0 radical (unpaired) electrons. The fourth-order valence-electron chi connectivity index (χ4n) is 6.29. The summed E-state index contributed by atoms with van der Waals surface area (Å²) in [6, 6.07) is 6.29. The zero-order chi connectivity index (χ0) is 21.1. The molecule has 3 aliphatic carbocycles. The average molecular weight is 414 g/mol. The second-order valence-electron chi connectivity index (χ2n) is 10.5. The summed E-state index contributed by atoms with van der Waals surface area (Å²) in [5.41, 5.74) is 0.909. The lowest BCUT2D eigenvalue weighted by Gasteiger charge is -2.64. The van der Waals surface area contributed by atoms with Crippen LogP contribution in [0.25, 0.3) is 0 Å². The number of hydrogen-bond donors (Lipinski definition) is 1. The summed E-state index contributed by atoms with van der Waals surface area (Å²) < 4.78 is 11.6. The van der Waals surface area contributed by atoms with E-state index in [1.54, 1.807) is 7.11 Å². The predicted octanol–water partition coefficient (Wildman–Crippen LogP) is 3.11. The van der Waals surface area contributed by atoms with E-state index in [2.05, 4.69) is 30.9 Å². The maximum Gasteiger partial charge on any atom is 0.162 e. The summed E-state index contributed by atoms with van der Waals surface area (Å²) in [5, 5.41) is 12.4. The summed E-state index contributed by atoms with van der Waals surface area (Å²) in [6.45, 7) is 6.77. The highest BCUT2D eigenvalue weighted by molar-refractivity contribution is 5.87. The van der Waals surface area contributed by atoms with Gasteiger partial charge in [-0.05, 0) is 67.3 Å². The van der Waals surface area contributed by atoms with Crippen molar-refractivity contribution in [3.8, 4) is 5.75 Å². The molecule has 1 saturated heterocycles. The Kier molecular flexibility index (Phi) is 4.99. The monoisotopic (exact) mass is 413 g/mol. The number of carbonyl (C=O) groups is 1. The molecule has 4 unspecified atom stereocenters. The van der Waals surface area contributed by atoms with Crippen LogP contribution >= 0.6 is 0 Å². The molecule has 2 saturated carbocycles. The molecule has 164 valence electrons. The number of benzene rings is 1. The second-order valence-corrected chi connectivity index (χ2v) is 10.5. The van der Waals surface area contributed by atoms with Crippen molar-refractivity contribution in [2.45, 2.75) is 75.5 Å². The molecule has 1 heterocycles. The molecule has 0 spiro atoms. The number of methoxy groups -OCH3 is 1. The summed E-state index contributed by atoms with van der Waals surface area (Å²) in [4.78, 5) is 15.8. The molecule has 30 heavy (non-hydrogen) atoms. The molecule has 5 nitrogen and oxygen atoms in total. The van der Waals surface area contributed by atoms with Gasteiger partial charge >= 0.3 is 0 Å². The molecule has 2 bridgehead atoms. The highest BCUT2D eigenvalue weighted by Crippen LogP contribution is 2.58. The average Bonchev–Trinajstić information content (AvgIpc) is 3.53. The lowest BCUT2D eigenvalue weighted by atomic mass is 9.49. The quantitative estimate of drug-likeness (QED) is 0.777. The standard InChI is InChI=1S/C25H35NO4/c1-16(2)15-30-22-13-25(28)23-10-18-6-7-19(29-3)11-20(18)24(25,12-21(22)27)8-9-26(23)14-17-4-5-17/h6-7,11,16-17,22-23,28H,4-5,8-10,12-15H2,1-3H3. The van der Waals surface area contributed by atoms with E-state index in [9.17, 15) is 9.90 Å². The first-order chi connectivity index (χ1) is 14.4. The second kappa shape index (κ2) is 7.32. The Balaban J connectivity index is 1.56. The number of carbonyl (C=O) groups excluding carboxylic acids is 1. The van der Waals surface area contributed by atoms with Crippen molar-refractivity contribution in [2.75, 3.05) is 26.8 Å². The molecular weight excluding hydrogens is 378 g/mol. The molecule has 5 heteroatoms. The number of Topliss-reactive ketones (excluding diaryl/α,β-unsaturated/α-hetero) is 1. The number of fused-ring (bicyclic) bond motifs is 1. The third-order valence-corrected chi connectivity index (χ3v) is 8.04. The Morgan fingerprint density at radius 1 is 1.30 bits per heavy atom. The van der Waals surface area contributed by atoms with Crippen LogP contribution in [0.15, 0.2) is 18.2 Å². The van der Waals surface area contributed by atoms with E-state index in [0.717, 1.165) is 43.2 Å². The first kappa shape index (κ1) is 20.5. The number of nitrogens with zero attached hydrogens (tertiary/aromatic N) is 1. The van der Waals surface area contributed by atoms with E-state index in [1.165, 1.54) is 18.4 Å². The summed E-state index contributed by atoms with van der Waals surface area (Å²) in [7, 11) is 1.68. The number of aliphatic hydroxyl groups is 1. The molecule has 1 aliphatic heterocycles. The van der Waals surface area contributed by atoms with Gasteiger partial charge in [-0.3, -0.25) is 9.69 Å². The van der Waals surface area contributed by atoms with Gasteiger partial charge in [0.2, 0.25) is 0 Å². The van der Waals surface area contributed by atoms with Crippen LogP contribution in [0.3, 0.4) is 0 Å². The number of piperidine rings is 1. The van der Waals surface area contributed by atoms with Crippen molar-refractivity contribution in [3.05, 3.63) is 29.3 Å². The van der Waals surface area contributed by atoms with Crippen LogP contribution in [0.4, 0.5) is 0 Å². The minimum absolute atomic E-state index is 0.0472. The van der Waals surface area contributed by atoms with Crippen molar-refractivity contribution < 1.29 is 19.4 Å². The highest BCUT2D eigenvalue weighted by atomic mass is 16.5. The van der Waals surface area contributed by atoms with Crippen molar-refractivity contribution in [2.24, 2.45) is 11.8 Å². The highest BCUT2D eigenvalue weighted by Gasteiger charge is 2.66. The van der Waals surface area contributed by atoms with Gasteiger partial charge in [-0.15, -0.1) is 0 Å². The van der Waals surface area contributed by atoms with Gasteiger partial charge in [-0.25, -0.2) is 0 Å². The van der Waals surface area contributed by atoms with Gasteiger partial charge in [-0.2, -0.15) is 0 Å². The normalized spacial score (nSPS) is 35.8. The lowest BCUT2D eigenvalue weighted by Crippen LogP contribution is -2.75. The van der Waals surface area contributed by atoms with Crippen LogP contribution in [0.1, 0.15) is 57.1 Å². The summed E-state index contributed by atoms with van der Waals surface area (Å²) >= 11 is 0. The van der Waals surface area contributed by atoms with Gasteiger partial charge < -0.3 is 14.6 Å². The molecule has 0 aromatic heterocycles. The number of rotatable bonds is 6. The Bertz CT molecular complexity index is 834. The van der Waals surface area contributed by atoms with Gasteiger partial charge in [0.1, 0.15) is 11.9 Å². The number of ketones is 1. The van der Waals surface area contributed by atoms with Crippen LogP contribution in [-0.4, -0.2) is 60.3 Å². The molecule has 3 fully saturated rings. The lowest BCUT2D eigenvalue weighted by molar-refractivity contribution is -0.195. The van der Waals surface area contributed by atoms with Crippen LogP contribution < -0.4 is 4.74 Å². The zero-order valence-electron chi connectivity index (χ0n) is 18.5. The van der Waals surface area contributed by atoms with Crippen molar-refractivity contribution in [3.63, 3.8) is 0 Å². The Labute approximate surface area is 179 Å². The van der Waals surface area contributed by atoms with E-state index in [0.29, 0.717) is 25.4 Å². The van der Waals surface area contributed by atoms with Crippen molar-refractivity contribution in [1.82, 2.24) is 4.90 Å². The van der Waals surface area contributed by atoms with E-state index in [1.807, 2.05) is 6.07 Å². The van der Waals surface area contributed by atoms with Crippen molar-refractivity contribution >= 4 is 5.78 Å². The van der Waals surface area contributed by atoms with Crippen LogP contribution in [0.5, 0.6) is 5.75 Å². The van der Waals surface area contributed by atoms with Gasteiger partial charge in [-0.1, -0.05) is 19.9 Å². The molecule has 1 aromatic rings. The molecule has 4 atom stereocenters. The third kappa shape index (κ3) is 3.12. The molecule has 1 N–H and O–H groups in total. The number of likely N-dealkylation sites (tertiary alicyclic amines) is 1. The van der Waals surface area contributed by atoms with Gasteiger partial charge in [0, 0.05) is 37.5 Å². The zero-order valence-corrected chi connectivity index (χ0v) is 18.5. The minimum atomic E-state index is -0.949. The number of hydrogen-bond acceptors (Lipinski definition) is 5. The fraction of sp³-hybridized carbons (Fsp3) is 0.720. The summed E-state index contributed by atoms with van der Waals surface area (Å²) in [5.74, 6) is 2.09. The van der Waals surface area contributed by atoms with E-state index in [4.69, 9.17) is 9.47 Å². The number of ether oxygens (including phenoxy) is 2. The topological polar surface area (TPSA) is 59.0 Å². The van der Waals surface area contributed by atoms with Gasteiger partial charge in [0.25, 0.3) is 0 Å². The largest absolute Gasteiger partial charge is 0.497 e. The van der Waals surface area contributed by atoms with E-state index >= 15 is 0 Å².